The highest BCUT2D eigenvalue weighted by atomic mass is 32.1. The number of aliphatic carboxylic acids is 1. The number of nitrogens with one attached hydrogen (secondary N) is 1. The zero-order chi connectivity index (χ0) is 34.0. The van der Waals surface area contributed by atoms with Gasteiger partial charge in [-0.3, -0.25) is 14.4 Å². The first kappa shape index (κ1) is 38.5. The zero-order valence-electron chi connectivity index (χ0n) is 26.8. The lowest BCUT2D eigenvalue weighted by Gasteiger charge is -2.27. The van der Waals surface area contributed by atoms with Gasteiger partial charge >= 0.3 is 12.1 Å². The van der Waals surface area contributed by atoms with Crippen molar-refractivity contribution in [3.8, 4) is 11.1 Å². The number of nitrogens with zero attached hydrogens (tertiary/aromatic N) is 2. The molecule has 0 spiro atoms. The van der Waals surface area contributed by atoms with Crippen LogP contribution < -0.4 is 10.9 Å². The lowest BCUT2D eigenvalue weighted by Crippen LogP contribution is -2.41. The van der Waals surface area contributed by atoms with E-state index in [2.05, 4.69) is 5.32 Å². The zero-order valence-corrected chi connectivity index (χ0v) is 27.8. The highest BCUT2D eigenvalue weighted by molar-refractivity contribution is 7.59. The van der Waals surface area contributed by atoms with E-state index in [1.54, 1.807) is 47.9 Å². The summed E-state index contributed by atoms with van der Waals surface area (Å²) < 4.78 is 72.0. The Labute approximate surface area is 271 Å². The Morgan fingerprint density at radius 3 is 2.07 bits per heavy atom. The van der Waals surface area contributed by atoms with Gasteiger partial charge in [0.05, 0.1) is 18.0 Å². The van der Waals surface area contributed by atoms with Crippen LogP contribution in [0.1, 0.15) is 72.2 Å². The van der Waals surface area contributed by atoms with E-state index >= 15 is 4.39 Å². The Morgan fingerprint density at radius 2 is 1.57 bits per heavy atom. The summed E-state index contributed by atoms with van der Waals surface area (Å²) in [5, 5.41) is 12.3. The summed E-state index contributed by atoms with van der Waals surface area (Å²) in [4.78, 5) is 40.3. The van der Waals surface area contributed by atoms with Crippen molar-refractivity contribution in [1.82, 2.24) is 14.8 Å². The van der Waals surface area contributed by atoms with Crippen LogP contribution in [0.3, 0.4) is 0 Å². The van der Waals surface area contributed by atoms with Crippen molar-refractivity contribution in [3.63, 3.8) is 0 Å². The average molecular weight is 670 g/mol. The quantitative estimate of drug-likeness (QED) is 0.219. The highest BCUT2D eigenvalue weighted by Crippen LogP contribution is 2.35. The molecule has 3 rings (SSSR count). The fraction of sp³-hybridized carbons (Fsp3) is 0.424. The molecule has 0 saturated heterocycles. The third-order valence-corrected chi connectivity index (χ3v) is 7.43. The molecule has 0 fully saturated rings. The van der Waals surface area contributed by atoms with Gasteiger partial charge in [0.15, 0.2) is 0 Å². The number of carbonyl (C=O) groups excluding carboxylic acids is 1. The number of hydrogen-bond donors (Lipinski definition) is 2. The van der Waals surface area contributed by atoms with Gasteiger partial charge in [0.1, 0.15) is 17.7 Å². The number of amides is 1. The van der Waals surface area contributed by atoms with E-state index in [0.29, 0.717) is 28.3 Å². The molecule has 0 bridgehead atoms. The molecule has 0 radical (unpaired) electrons. The second-order valence-electron chi connectivity index (χ2n) is 12.1. The van der Waals surface area contributed by atoms with Crippen LogP contribution in [0.2, 0.25) is 0 Å². The lowest BCUT2D eigenvalue weighted by atomic mass is 9.90. The van der Waals surface area contributed by atoms with Crippen molar-refractivity contribution in [2.75, 3.05) is 14.1 Å². The fourth-order valence-electron chi connectivity index (χ4n) is 5.60. The largest absolute Gasteiger partial charge is 0.481 e. The molecule has 0 aliphatic rings. The molecule has 46 heavy (non-hydrogen) atoms. The predicted octanol–water partition coefficient (Wildman–Crippen LogP) is 6.83. The second kappa shape index (κ2) is 15.3. The molecular formula is C33H40F5N3O4S. The third-order valence-electron chi connectivity index (χ3n) is 7.43. The fourth-order valence-corrected chi connectivity index (χ4v) is 5.60. The second-order valence-corrected chi connectivity index (χ2v) is 12.1. The van der Waals surface area contributed by atoms with Crippen LogP contribution in [0.5, 0.6) is 0 Å². The molecule has 1 aromatic heterocycles. The Kier molecular flexibility index (Phi) is 12.8. The third kappa shape index (κ3) is 9.18. The van der Waals surface area contributed by atoms with Crippen molar-refractivity contribution < 1.29 is 36.6 Å². The van der Waals surface area contributed by atoms with Crippen LogP contribution in [0.25, 0.3) is 11.1 Å². The number of benzene rings is 2. The summed E-state index contributed by atoms with van der Waals surface area (Å²) in [7, 11) is 3.12. The van der Waals surface area contributed by atoms with E-state index in [9.17, 15) is 37.1 Å². The topological polar surface area (TPSA) is 91.6 Å². The maximum Gasteiger partial charge on any atom is 0.416 e. The normalized spacial score (nSPS) is 13.0. The SMILES string of the molecule is Cc1cc(-c2c(C)cc(F)cc2C)cc([C@H](CC(=O)O)NC(=O)C(CC(C)C)n2cc(CN(C)C)c(C(F)(F)F)cc2=O)c1F.S. The van der Waals surface area contributed by atoms with Crippen LogP contribution in [-0.2, 0) is 22.3 Å². The molecule has 13 heteroatoms. The first-order chi connectivity index (χ1) is 20.8. The number of aryl methyl sites for hydroxylation is 3. The monoisotopic (exact) mass is 669 g/mol. The Balaban J connectivity index is 0.00000736. The van der Waals surface area contributed by atoms with Gasteiger partial charge in [0, 0.05) is 24.4 Å². The van der Waals surface area contributed by atoms with Crippen molar-refractivity contribution >= 4 is 25.4 Å². The van der Waals surface area contributed by atoms with E-state index in [1.165, 1.54) is 30.0 Å². The van der Waals surface area contributed by atoms with Gasteiger partial charge in [-0.25, -0.2) is 8.78 Å². The number of aromatic nitrogens is 1. The molecule has 0 aliphatic carbocycles. The van der Waals surface area contributed by atoms with Gasteiger partial charge in [-0.2, -0.15) is 26.7 Å². The summed E-state index contributed by atoms with van der Waals surface area (Å²) in [6.07, 6.45) is -4.51. The molecule has 7 nitrogen and oxygen atoms in total. The summed E-state index contributed by atoms with van der Waals surface area (Å²) in [5.74, 6) is -3.63. The van der Waals surface area contributed by atoms with Crippen LogP contribution in [0.4, 0.5) is 22.0 Å². The van der Waals surface area contributed by atoms with Gasteiger partial charge in [-0.05, 0) is 105 Å². The van der Waals surface area contributed by atoms with Gasteiger partial charge in [0.2, 0.25) is 5.91 Å². The number of carbonyl (C=O) groups is 2. The minimum atomic E-state index is -4.81. The maximum absolute atomic E-state index is 15.7. The smallest absolute Gasteiger partial charge is 0.416 e. The van der Waals surface area contributed by atoms with Crippen LogP contribution >= 0.6 is 13.5 Å². The van der Waals surface area contributed by atoms with Crippen molar-refractivity contribution in [2.24, 2.45) is 5.92 Å². The molecule has 2 aromatic carbocycles. The Hall–Kier alpha value is -3.71. The van der Waals surface area contributed by atoms with E-state index in [1.807, 2.05) is 0 Å². The molecule has 3 aromatic rings. The number of alkyl halides is 3. The number of pyridine rings is 1. The van der Waals surface area contributed by atoms with Crippen LogP contribution in [0, 0.1) is 38.3 Å². The first-order valence-corrected chi connectivity index (χ1v) is 14.4. The van der Waals surface area contributed by atoms with Crippen LogP contribution in [-0.4, -0.2) is 40.5 Å². The molecule has 0 saturated carbocycles. The first-order valence-electron chi connectivity index (χ1n) is 14.4. The van der Waals surface area contributed by atoms with E-state index in [0.717, 1.165) is 10.8 Å². The van der Waals surface area contributed by atoms with Crippen molar-refractivity contribution in [2.45, 2.75) is 72.3 Å². The average Bonchev–Trinajstić information content (AvgIpc) is 2.87. The molecule has 252 valence electrons. The van der Waals surface area contributed by atoms with Gasteiger partial charge in [-0.15, -0.1) is 0 Å². The number of hydrogen-bond acceptors (Lipinski definition) is 4. The Morgan fingerprint density at radius 1 is 0.978 bits per heavy atom. The van der Waals surface area contributed by atoms with Crippen LogP contribution in [0.15, 0.2) is 41.3 Å². The number of halogens is 5. The van der Waals surface area contributed by atoms with Gasteiger partial charge in [0.25, 0.3) is 5.56 Å². The van der Waals surface area contributed by atoms with Crippen molar-refractivity contribution in [1.29, 1.82) is 0 Å². The minimum absolute atomic E-state index is 0. The molecule has 2 atom stereocenters. The number of rotatable bonds is 11. The van der Waals surface area contributed by atoms with E-state index in [4.69, 9.17) is 0 Å². The van der Waals surface area contributed by atoms with Gasteiger partial charge < -0.3 is 19.9 Å². The molecule has 2 N–H and O–H groups in total. The molecule has 0 aliphatic heterocycles. The number of carboxylic acids is 1. The maximum atomic E-state index is 15.7. The highest BCUT2D eigenvalue weighted by Gasteiger charge is 2.36. The van der Waals surface area contributed by atoms with E-state index < -0.39 is 59.3 Å². The summed E-state index contributed by atoms with van der Waals surface area (Å²) >= 11 is 0. The standard InChI is InChI=1S/C33H38F5N3O4.H2S/c1-17(2)8-27(41-16-22(15-40(6)7)25(13-28(41)42)33(36,37)38)32(45)39-26(14-29(43)44)24-12-21(9-20(5)31(24)35)30-18(3)10-23(34)11-19(30)4;/h9-13,16-17,26-27H,8,14-15H2,1-7H3,(H,39,45)(H,43,44);1H2/t26-,27?;/m0./s1. The summed E-state index contributed by atoms with van der Waals surface area (Å²) in [5.41, 5.74) is -0.168. The Bertz CT molecular complexity index is 1630. The summed E-state index contributed by atoms with van der Waals surface area (Å²) in [6, 6.07) is 3.30. The predicted molar refractivity (Wildman–Crippen MR) is 171 cm³/mol. The lowest BCUT2D eigenvalue weighted by molar-refractivity contribution is -0.139. The molecular weight excluding hydrogens is 629 g/mol. The molecule has 1 unspecified atom stereocenters. The van der Waals surface area contributed by atoms with E-state index in [-0.39, 0.29) is 49.1 Å². The van der Waals surface area contributed by atoms with Gasteiger partial charge in [-0.1, -0.05) is 13.8 Å². The molecule has 1 heterocycles. The van der Waals surface area contributed by atoms with Crippen molar-refractivity contribution in [3.05, 3.63) is 91.9 Å². The summed E-state index contributed by atoms with van der Waals surface area (Å²) in [6.45, 7) is 8.18. The molecule has 1 amide bonds. The minimum Gasteiger partial charge on any atom is -0.481 e. The number of carboxylic acid groups (broad SMARTS) is 1.